The molecule has 0 aliphatic carbocycles. The molecule has 0 aliphatic heterocycles. The Kier molecular flexibility index (Phi) is 5.48. The van der Waals surface area contributed by atoms with Gasteiger partial charge in [0.05, 0.1) is 19.3 Å². The lowest BCUT2D eigenvalue weighted by atomic mass is 10.4. The highest BCUT2D eigenvalue weighted by molar-refractivity contribution is 7.89. The minimum atomic E-state index is -4.42. The van der Waals surface area contributed by atoms with Crippen LogP contribution < -0.4 is 10.0 Å². The van der Waals surface area contributed by atoms with Crippen LogP contribution in [0.1, 0.15) is 0 Å². The van der Waals surface area contributed by atoms with Crippen LogP contribution >= 0.6 is 0 Å². The highest BCUT2D eigenvalue weighted by atomic mass is 32.2. The smallest absolute Gasteiger partial charge is 0.318 e. The molecule has 0 spiro atoms. The van der Waals surface area contributed by atoms with Crippen molar-refractivity contribution in [2.24, 2.45) is 0 Å². The van der Waals surface area contributed by atoms with Gasteiger partial charge in [0.2, 0.25) is 10.0 Å². The Balaban J connectivity index is 2.72. The molecule has 116 valence electrons. The Hall–Kier alpha value is -1.20. The van der Waals surface area contributed by atoms with Crippen LogP contribution in [-0.4, -0.2) is 50.7 Å². The molecular formula is C9H14F4N4O2S. The molecule has 0 atom stereocenters. The average Bonchev–Trinajstić information content (AvgIpc) is 2.83. The number of alkyl halides is 4. The van der Waals surface area contributed by atoms with E-state index < -0.39 is 28.9 Å². The van der Waals surface area contributed by atoms with Gasteiger partial charge in [-0.3, -0.25) is 4.68 Å². The molecule has 6 nitrogen and oxygen atoms in total. The second-order valence-electron chi connectivity index (χ2n) is 3.93. The Morgan fingerprint density at radius 2 is 2.10 bits per heavy atom. The summed E-state index contributed by atoms with van der Waals surface area (Å²) < 4.78 is 75.2. The largest absolute Gasteiger partial charge is 0.320 e. The highest BCUT2D eigenvalue weighted by Gasteiger charge is 2.41. The van der Waals surface area contributed by atoms with Crippen molar-refractivity contribution in [1.82, 2.24) is 19.8 Å². The number of nitrogens with one attached hydrogen (secondary N) is 2. The molecular weight excluding hydrogens is 304 g/mol. The average molecular weight is 318 g/mol. The molecule has 11 heteroatoms. The van der Waals surface area contributed by atoms with Gasteiger partial charge in [-0.05, 0) is 7.05 Å². The van der Waals surface area contributed by atoms with Gasteiger partial charge in [-0.1, -0.05) is 0 Å². The molecule has 0 bridgehead atoms. The second-order valence-corrected chi connectivity index (χ2v) is 5.70. The number of aromatic nitrogens is 2. The van der Waals surface area contributed by atoms with Crippen molar-refractivity contribution in [2.45, 2.75) is 23.8 Å². The fraction of sp³-hybridized carbons (Fsp3) is 0.667. The van der Waals surface area contributed by atoms with Crippen molar-refractivity contribution in [1.29, 1.82) is 0 Å². The SMILES string of the molecule is CNCCn1cc(S(=O)(=O)NCC(F)(F)C(F)F)cn1. The number of nitrogens with zero attached hydrogens (tertiary/aromatic N) is 2. The van der Waals surface area contributed by atoms with Gasteiger partial charge in [-0.25, -0.2) is 21.9 Å². The van der Waals surface area contributed by atoms with Crippen LogP contribution in [0.5, 0.6) is 0 Å². The van der Waals surface area contributed by atoms with Crippen LogP contribution in [0, 0.1) is 0 Å². The van der Waals surface area contributed by atoms with E-state index in [0.29, 0.717) is 13.1 Å². The van der Waals surface area contributed by atoms with E-state index in [1.54, 1.807) is 7.05 Å². The van der Waals surface area contributed by atoms with E-state index in [4.69, 9.17) is 0 Å². The predicted molar refractivity (Wildman–Crippen MR) is 62.3 cm³/mol. The number of halogens is 4. The fourth-order valence-electron chi connectivity index (χ4n) is 1.18. The zero-order chi connectivity index (χ0) is 15.4. The fourth-order valence-corrected chi connectivity index (χ4v) is 2.18. The van der Waals surface area contributed by atoms with Gasteiger partial charge in [-0.15, -0.1) is 0 Å². The molecule has 0 radical (unpaired) electrons. The quantitative estimate of drug-likeness (QED) is 0.675. The molecule has 20 heavy (non-hydrogen) atoms. The van der Waals surface area contributed by atoms with Crippen molar-refractivity contribution in [3.63, 3.8) is 0 Å². The van der Waals surface area contributed by atoms with Crippen molar-refractivity contribution >= 4 is 10.0 Å². The second kappa shape index (κ2) is 6.50. The van der Waals surface area contributed by atoms with E-state index in [1.807, 2.05) is 0 Å². The molecule has 0 unspecified atom stereocenters. The first kappa shape index (κ1) is 16.9. The first-order valence-corrected chi connectivity index (χ1v) is 7.00. The topological polar surface area (TPSA) is 76.0 Å². The Morgan fingerprint density at radius 1 is 1.45 bits per heavy atom. The Bertz CT molecular complexity index is 532. The molecule has 1 aromatic heterocycles. The first-order valence-electron chi connectivity index (χ1n) is 5.52. The molecule has 0 saturated heterocycles. The molecule has 1 rings (SSSR count). The number of rotatable bonds is 8. The van der Waals surface area contributed by atoms with Gasteiger partial charge in [0, 0.05) is 12.7 Å². The molecule has 0 aliphatic rings. The molecule has 1 heterocycles. The molecule has 0 fully saturated rings. The van der Waals surface area contributed by atoms with Gasteiger partial charge in [-0.2, -0.15) is 13.9 Å². The summed E-state index contributed by atoms with van der Waals surface area (Å²) in [6.45, 7) is -0.772. The van der Waals surface area contributed by atoms with E-state index >= 15 is 0 Å². The number of hydrogen-bond donors (Lipinski definition) is 2. The molecule has 0 amide bonds. The Morgan fingerprint density at radius 3 is 2.65 bits per heavy atom. The zero-order valence-corrected chi connectivity index (χ0v) is 11.3. The van der Waals surface area contributed by atoms with Crippen molar-refractivity contribution in [2.75, 3.05) is 20.1 Å². The normalized spacial score (nSPS) is 13.1. The maximum Gasteiger partial charge on any atom is 0.320 e. The maximum absolute atomic E-state index is 12.7. The van der Waals surface area contributed by atoms with Gasteiger partial charge in [0.25, 0.3) is 0 Å². The predicted octanol–water partition coefficient (Wildman–Crippen LogP) is 0.281. The van der Waals surface area contributed by atoms with Crippen molar-refractivity contribution in [3.8, 4) is 0 Å². The third kappa shape index (κ3) is 4.42. The van der Waals surface area contributed by atoms with E-state index in [0.717, 1.165) is 12.4 Å². The van der Waals surface area contributed by atoms with Gasteiger partial charge in [0.1, 0.15) is 4.90 Å². The molecule has 1 aromatic rings. The van der Waals surface area contributed by atoms with E-state index in [-0.39, 0.29) is 4.90 Å². The summed E-state index contributed by atoms with van der Waals surface area (Å²) in [4.78, 5) is -0.362. The summed E-state index contributed by atoms with van der Waals surface area (Å²) in [5.74, 6) is -4.42. The Labute approximate surface area is 113 Å². The van der Waals surface area contributed by atoms with Crippen LogP contribution in [0.4, 0.5) is 17.6 Å². The van der Waals surface area contributed by atoms with Crippen molar-refractivity contribution < 1.29 is 26.0 Å². The molecule has 2 N–H and O–H groups in total. The van der Waals surface area contributed by atoms with Crippen LogP contribution in [0.3, 0.4) is 0 Å². The summed E-state index contributed by atoms with van der Waals surface area (Å²) in [7, 11) is -2.61. The lowest BCUT2D eigenvalue weighted by molar-refractivity contribution is -0.122. The minimum absolute atomic E-state index is 0.362. The van der Waals surface area contributed by atoms with Gasteiger partial charge in [0.15, 0.2) is 0 Å². The van der Waals surface area contributed by atoms with Crippen LogP contribution in [0.15, 0.2) is 17.3 Å². The third-order valence-electron chi connectivity index (χ3n) is 2.33. The lowest BCUT2D eigenvalue weighted by Gasteiger charge is -2.15. The van der Waals surface area contributed by atoms with Crippen LogP contribution in [-0.2, 0) is 16.6 Å². The minimum Gasteiger partial charge on any atom is -0.318 e. The molecule has 0 saturated carbocycles. The summed E-state index contributed by atoms with van der Waals surface area (Å²) in [5.41, 5.74) is 0. The number of likely N-dealkylation sites (N-methyl/N-ethyl adjacent to an activating group) is 1. The summed E-state index contributed by atoms with van der Waals surface area (Å²) in [5, 5.41) is 6.53. The monoisotopic (exact) mass is 318 g/mol. The standard InChI is InChI=1S/C9H14F4N4O2S/c1-14-2-3-17-5-7(4-15-17)20(18,19)16-6-9(12,13)8(10)11/h4-5,8,14,16H,2-3,6H2,1H3. The first-order chi connectivity index (χ1) is 9.19. The lowest BCUT2D eigenvalue weighted by Crippen LogP contribution is -2.41. The highest BCUT2D eigenvalue weighted by Crippen LogP contribution is 2.22. The summed E-state index contributed by atoms with van der Waals surface area (Å²) in [6.07, 6.45) is -1.86. The number of hydrogen-bond acceptors (Lipinski definition) is 4. The van der Waals surface area contributed by atoms with E-state index in [9.17, 15) is 26.0 Å². The number of sulfonamides is 1. The van der Waals surface area contributed by atoms with E-state index in [1.165, 1.54) is 9.40 Å². The maximum atomic E-state index is 12.7. The van der Waals surface area contributed by atoms with E-state index in [2.05, 4.69) is 10.4 Å². The van der Waals surface area contributed by atoms with Gasteiger partial charge >= 0.3 is 12.3 Å². The summed E-state index contributed by atoms with van der Waals surface area (Å²) >= 11 is 0. The van der Waals surface area contributed by atoms with Crippen molar-refractivity contribution in [3.05, 3.63) is 12.4 Å². The van der Waals surface area contributed by atoms with Gasteiger partial charge < -0.3 is 5.32 Å². The van der Waals surface area contributed by atoms with Crippen LogP contribution in [0.2, 0.25) is 0 Å². The van der Waals surface area contributed by atoms with Crippen LogP contribution in [0.25, 0.3) is 0 Å². The molecule has 0 aromatic carbocycles. The zero-order valence-electron chi connectivity index (χ0n) is 10.5. The summed E-state index contributed by atoms with van der Waals surface area (Å²) in [6, 6.07) is 0. The third-order valence-corrected chi connectivity index (χ3v) is 3.68.